The van der Waals surface area contributed by atoms with Crippen molar-refractivity contribution in [3.8, 4) is 0 Å². The van der Waals surface area contributed by atoms with Gasteiger partial charge in [-0.2, -0.15) is 0 Å². The van der Waals surface area contributed by atoms with Crippen LogP contribution in [0.5, 0.6) is 0 Å². The minimum Gasteiger partial charge on any atom is -0.392 e. The zero-order valence-electron chi connectivity index (χ0n) is 10.4. The third-order valence-electron chi connectivity index (χ3n) is 3.14. The third-order valence-corrected chi connectivity index (χ3v) is 3.14. The van der Waals surface area contributed by atoms with Crippen molar-refractivity contribution >= 4 is 11.0 Å². The molecule has 0 bridgehead atoms. The van der Waals surface area contributed by atoms with Crippen molar-refractivity contribution in [2.45, 2.75) is 45.8 Å². The largest absolute Gasteiger partial charge is 0.392 e. The van der Waals surface area contributed by atoms with Crippen molar-refractivity contribution in [1.29, 1.82) is 0 Å². The van der Waals surface area contributed by atoms with E-state index in [9.17, 15) is 5.11 Å². The van der Waals surface area contributed by atoms with Crippen LogP contribution in [0, 0.1) is 0 Å². The van der Waals surface area contributed by atoms with E-state index in [1.165, 1.54) is 25.7 Å². The molecule has 0 saturated carbocycles. The van der Waals surface area contributed by atoms with Crippen LogP contribution in [0.15, 0.2) is 24.5 Å². The van der Waals surface area contributed by atoms with Gasteiger partial charge in [0.15, 0.2) is 0 Å². The van der Waals surface area contributed by atoms with Gasteiger partial charge in [-0.15, -0.1) is 0 Å². The second-order valence-electron chi connectivity index (χ2n) is 4.44. The standard InChI is InChI=1S/C14H20N2O/c1-2-3-4-5-9-16-10-12(11-17)13-7-6-8-15-14(13)16/h6-8,10,17H,2-5,9,11H2,1H3. The van der Waals surface area contributed by atoms with Crippen molar-refractivity contribution in [2.75, 3.05) is 0 Å². The average molecular weight is 232 g/mol. The van der Waals surface area contributed by atoms with Crippen LogP contribution in [-0.4, -0.2) is 14.7 Å². The third kappa shape index (κ3) is 2.67. The summed E-state index contributed by atoms with van der Waals surface area (Å²) in [5.74, 6) is 0. The van der Waals surface area contributed by atoms with Crippen molar-refractivity contribution in [1.82, 2.24) is 9.55 Å². The van der Waals surface area contributed by atoms with Crippen LogP contribution in [0.4, 0.5) is 0 Å². The molecule has 1 N–H and O–H groups in total. The number of aryl methyl sites for hydroxylation is 1. The van der Waals surface area contributed by atoms with E-state index in [1.807, 2.05) is 24.5 Å². The lowest BCUT2D eigenvalue weighted by atomic mass is 10.2. The molecule has 0 aliphatic carbocycles. The highest BCUT2D eigenvalue weighted by molar-refractivity contribution is 5.80. The van der Waals surface area contributed by atoms with Crippen LogP contribution in [0.1, 0.15) is 38.2 Å². The van der Waals surface area contributed by atoms with E-state index in [1.54, 1.807) is 0 Å². The molecule has 0 spiro atoms. The quantitative estimate of drug-likeness (QED) is 0.777. The van der Waals surface area contributed by atoms with E-state index in [0.29, 0.717) is 0 Å². The van der Waals surface area contributed by atoms with Gasteiger partial charge in [0.05, 0.1) is 6.61 Å². The number of unbranched alkanes of at least 4 members (excludes halogenated alkanes) is 3. The first-order chi connectivity index (χ1) is 8.36. The number of fused-ring (bicyclic) bond motifs is 1. The highest BCUT2D eigenvalue weighted by Gasteiger charge is 2.07. The van der Waals surface area contributed by atoms with Crippen molar-refractivity contribution in [3.05, 3.63) is 30.1 Å². The zero-order chi connectivity index (χ0) is 12.1. The van der Waals surface area contributed by atoms with Crippen LogP contribution in [0.2, 0.25) is 0 Å². The van der Waals surface area contributed by atoms with E-state index in [4.69, 9.17) is 0 Å². The van der Waals surface area contributed by atoms with Gasteiger partial charge in [-0.25, -0.2) is 4.98 Å². The Morgan fingerprint density at radius 3 is 2.94 bits per heavy atom. The van der Waals surface area contributed by atoms with Gasteiger partial charge in [0.25, 0.3) is 0 Å². The van der Waals surface area contributed by atoms with Crippen LogP contribution >= 0.6 is 0 Å². The van der Waals surface area contributed by atoms with E-state index in [-0.39, 0.29) is 6.61 Å². The number of hydrogen-bond acceptors (Lipinski definition) is 2. The second kappa shape index (κ2) is 5.82. The van der Waals surface area contributed by atoms with Gasteiger partial charge in [0, 0.05) is 29.9 Å². The van der Waals surface area contributed by atoms with Gasteiger partial charge in [0.2, 0.25) is 0 Å². The fraction of sp³-hybridized carbons (Fsp3) is 0.500. The Labute approximate surface area is 102 Å². The molecule has 0 atom stereocenters. The molecule has 0 fully saturated rings. The molecule has 0 aromatic carbocycles. The van der Waals surface area contributed by atoms with Crippen molar-refractivity contribution < 1.29 is 5.11 Å². The minimum absolute atomic E-state index is 0.0875. The summed E-state index contributed by atoms with van der Waals surface area (Å²) < 4.78 is 2.16. The Morgan fingerprint density at radius 2 is 2.18 bits per heavy atom. The number of rotatable bonds is 6. The molecule has 3 nitrogen and oxygen atoms in total. The van der Waals surface area contributed by atoms with Crippen LogP contribution < -0.4 is 0 Å². The molecule has 2 rings (SSSR count). The topological polar surface area (TPSA) is 38.0 Å². The molecule has 17 heavy (non-hydrogen) atoms. The van der Waals surface area contributed by atoms with E-state index in [0.717, 1.165) is 23.1 Å². The molecule has 0 unspecified atom stereocenters. The number of pyridine rings is 1. The number of nitrogens with zero attached hydrogens (tertiary/aromatic N) is 2. The number of aromatic nitrogens is 2. The number of aliphatic hydroxyl groups excluding tert-OH is 1. The van der Waals surface area contributed by atoms with Gasteiger partial charge in [-0.3, -0.25) is 0 Å². The Hall–Kier alpha value is -1.35. The van der Waals surface area contributed by atoms with Gasteiger partial charge < -0.3 is 9.67 Å². The van der Waals surface area contributed by atoms with Gasteiger partial charge in [-0.1, -0.05) is 26.2 Å². The lowest BCUT2D eigenvalue weighted by molar-refractivity contribution is 0.283. The van der Waals surface area contributed by atoms with Gasteiger partial charge in [-0.05, 0) is 18.6 Å². The van der Waals surface area contributed by atoms with Gasteiger partial charge in [0.1, 0.15) is 5.65 Å². The molecule has 0 aliphatic rings. The predicted molar refractivity (Wildman–Crippen MR) is 69.8 cm³/mol. The van der Waals surface area contributed by atoms with E-state index < -0.39 is 0 Å². The number of aliphatic hydroxyl groups is 1. The molecule has 2 heterocycles. The van der Waals surface area contributed by atoms with Crippen molar-refractivity contribution in [3.63, 3.8) is 0 Å². The minimum atomic E-state index is 0.0875. The molecule has 0 saturated heterocycles. The fourth-order valence-corrected chi connectivity index (χ4v) is 2.20. The molecule has 0 aliphatic heterocycles. The van der Waals surface area contributed by atoms with Gasteiger partial charge >= 0.3 is 0 Å². The summed E-state index contributed by atoms with van der Waals surface area (Å²) >= 11 is 0. The molecule has 0 radical (unpaired) electrons. The van der Waals surface area contributed by atoms with Crippen LogP contribution in [0.3, 0.4) is 0 Å². The summed E-state index contributed by atoms with van der Waals surface area (Å²) in [4.78, 5) is 4.40. The Morgan fingerprint density at radius 1 is 1.29 bits per heavy atom. The van der Waals surface area contributed by atoms with Crippen LogP contribution in [0.25, 0.3) is 11.0 Å². The lowest BCUT2D eigenvalue weighted by Crippen LogP contribution is -1.97. The monoisotopic (exact) mass is 232 g/mol. The SMILES string of the molecule is CCCCCCn1cc(CO)c2cccnc21. The normalized spacial score (nSPS) is 11.2. The molecular weight excluding hydrogens is 212 g/mol. The highest BCUT2D eigenvalue weighted by Crippen LogP contribution is 2.19. The summed E-state index contributed by atoms with van der Waals surface area (Å²) in [6.45, 7) is 3.30. The molecular formula is C14H20N2O. The maximum Gasteiger partial charge on any atom is 0.140 e. The maximum absolute atomic E-state index is 9.32. The molecule has 3 heteroatoms. The predicted octanol–water partition coefficient (Wildman–Crippen LogP) is 3.11. The average Bonchev–Trinajstić information content (AvgIpc) is 2.73. The Bertz CT molecular complexity index is 476. The van der Waals surface area contributed by atoms with Crippen LogP contribution in [-0.2, 0) is 13.2 Å². The summed E-state index contributed by atoms with van der Waals surface area (Å²) in [6.07, 6.45) is 8.83. The fourth-order valence-electron chi connectivity index (χ4n) is 2.20. The first-order valence-corrected chi connectivity index (χ1v) is 6.40. The van der Waals surface area contributed by atoms with E-state index >= 15 is 0 Å². The smallest absolute Gasteiger partial charge is 0.140 e. The Kier molecular flexibility index (Phi) is 4.15. The molecule has 0 amide bonds. The van der Waals surface area contributed by atoms with E-state index in [2.05, 4.69) is 16.5 Å². The zero-order valence-corrected chi connectivity index (χ0v) is 10.4. The summed E-state index contributed by atoms with van der Waals surface area (Å²) in [5, 5.41) is 10.4. The molecule has 2 aromatic heterocycles. The Balaban J connectivity index is 2.16. The molecule has 2 aromatic rings. The summed E-state index contributed by atoms with van der Waals surface area (Å²) in [5.41, 5.74) is 1.97. The summed E-state index contributed by atoms with van der Waals surface area (Å²) in [6, 6.07) is 3.94. The molecule has 92 valence electrons. The second-order valence-corrected chi connectivity index (χ2v) is 4.44. The lowest BCUT2D eigenvalue weighted by Gasteiger charge is -2.03. The summed E-state index contributed by atoms with van der Waals surface area (Å²) in [7, 11) is 0. The highest BCUT2D eigenvalue weighted by atomic mass is 16.3. The van der Waals surface area contributed by atoms with Crippen molar-refractivity contribution in [2.24, 2.45) is 0 Å². The maximum atomic E-state index is 9.32. The first kappa shape index (κ1) is 12.1. The number of hydrogen-bond donors (Lipinski definition) is 1. The first-order valence-electron chi connectivity index (χ1n) is 6.40.